The molecule has 0 spiro atoms. The van der Waals surface area contributed by atoms with Gasteiger partial charge in [-0.2, -0.15) is 13.2 Å². The minimum atomic E-state index is -4.26. The Labute approximate surface area is 72.5 Å². The van der Waals surface area contributed by atoms with Gasteiger partial charge in [0.05, 0.1) is 24.4 Å². The summed E-state index contributed by atoms with van der Waals surface area (Å²) < 4.78 is 36.9. The highest BCUT2D eigenvalue weighted by Gasteiger charge is 2.32. The lowest BCUT2D eigenvalue weighted by Gasteiger charge is -2.13. The van der Waals surface area contributed by atoms with Crippen LogP contribution in [0.5, 0.6) is 0 Å². The molecule has 74 valence electrons. The number of alkyl halides is 3. The highest BCUT2D eigenvalue weighted by atomic mass is 19.4. The normalized spacial score (nSPS) is 14.5. The minimum Gasteiger partial charge on any atom is -0.322 e. The molecular weight excluding hydrogens is 185 g/mol. The second-order valence-corrected chi connectivity index (χ2v) is 2.71. The van der Waals surface area contributed by atoms with Crippen molar-refractivity contribution in [3.63, 3.8) is 0 Å². The molecule has 13 heavy (non-hydrogen) atoms. The Kier molecular flexibility index (Phi) is 2.55. The fourth-order valence-electron chi connectivity index (χ4n) is 0.987. The van der Waals surface area contributed by atoms with E-state index in [0.29, 0.717) is 0 Å². The molecule has 1 heterocycles. The minimum absolute atomic E-state index is 0.275. The molecule has 0 bridgehead atoms. The topological polar surface area (TPSA) is 56.7 Å². The maximum atomic E-state index is 11.9. The molecule has 0 unspecified atom stereocenters. The third-order valence-corrected chi connectivity index (χ3v) is 1.58. The average molecular weight is 194 g/mol. The van der Waals surface area contributed by atoms with Crippen LogP contribution in [0.15, 0.2) is 6.20 Å². The van der Waals surface area contributed by atoms with Crippen molar-refractivity contribution < 1.29 is 13.2 Å². The monoisotopic (exact) mass is 194 g/mol. The molecule has 7 heteroatoms. The number of nitrogens with zero attached hydrogens (tertiary/aromatic N) is 3. The third-order valence-electron chi connectivity index (χ3n) is 1.58. The van der Waals surface area contributed by atoms with Gasteiger partial charge < -0.3 is 5.73 Å². The molecule has 0 aromatic carbocycles. The van der Waals surface area contributed by atoms with Crippen LogP contribution >= 0.6 is 0 Å². The first-order chi connectivity index (χ1) is 5.90. The summed E-state index contributed by atoms with van der Waals surface area (Å²) in [7, 11) is 1.50. The summed E-state index contributed by atoms with van der Waals surface area (Å²) in [5.41, 5.74) is 5.58. The molecule has 1 rings (SSSR count). The van der Waals surface area contributed by atoms with E-state index < -0.39 is 18.6 Å². The second kappa shape index (κ2) is 3.33. The molecule has 0 saturated heterocycles. The molecule has 0 amide bonds. The lowest BCUT2D eigenvalue weighted by atomic mass is 10.1. The van der Waals surface area contributed by atoms with Gasteiger partial charge in [0.15, 0.2) is 0 Å². The largest absolute Gasteiger partial charge is 0.390 e. The van der Waals surface area contributed by atoms with Crippen molar-refractivity contribution >= 4 is 0 Å². The van der Waals surface area contributed by atoms with E-state index in [4.69, 9.17) is 5.73 Å². The van der Waals surface area contributed by atoms with E-state index in [1.165, 1.54) is 17.9 Å². The van der Waals surface area contributed by atoms with Crippen LogP contribution in [-0.2, 0) is 7.05 Å². The standard InChI is InChI=1S/C6H9F3N4/c1-13-5(3-11-12-13)4(10)2-6(7,8)9/h3-4H,2,10H2,1H3/t4-/m0/s1. The van der Waals surface area contributed by atoms with Crippen LogP contribution in [-0.4, -0.2) is 21.2 Å². The van der Waals surface area contributed by atoms with Gasteiger partial charge >= 0.3 is 6.18 Å². The Morgan fingerprint density at radius 3 is 2.62 bits per heavy atom. The van der Waals surface area contributed by atoms with E-state index >= 15 is 0 Å². The van der Waals surface area contributed by atoms with Crippen molar-refractivity contribution in [3.8, 4) is 0 Å². The first kappa shape index (κ1) is 9.97. The summed E-state index contributed by atoms with van der Waals surface area (Å²) in [5.74, 6) is 0. The molecule has 0 aliphatic heterocycles. The van der Waals surface area contributed by atoms with Gasteiger partial charge in [-0.25, -0.2) is 0 Å². The van der Waals surface area contributed by atoms with Gasteiger partial charge in [0.2, 0.25) is 0 Å². The Morgan fingerprint density at radius 1 is 1.62 bits per heavy atom. The number of halogens is 3. The summed E-state index contributed by atoms with van der Waals surface area (Å²) in [4.78, 5) is 0. The van der Waals surface area contributed by atoms with Crippen LogP contribution in [0.3, 0.4) is 0 Å². The van der Waals surface area contributed by atoms with Crippen LogP contribution in [0.2, 0.25) is 0 Å². The lowest BCUT2D eigenvalue weighted by Crippen LogP contribution is -2.22. The molecule has 0 saturated carbocycles. The highest BCUT2D eigenvalue weighted by molar-refractivity contribution is 5.00. The summed E-state index contributed by atoms with van der Waals surface area (Å²) in [5, 5.41) is 6.93. The van der Waals surface area contributed by atoms with E-state index in [9.17, 15) is 13.2 Å². The Morgan fingerprint density at radius 2 is 2.23 bits per heavy atom. The van der Waals surface area contributed by atoms with E-state index in [2.05, 4.69) is 10.3 Å². The van der Waals surface area contributed by atoms with Crippen LogP contribution in [0, 0.1) is 0 Å². The van der Waals surface area contributed by atoms with Crippen molar-refractivity contribution in [1.29, 1.82) is 0 Å². The maximum absolute atomic E-state index is 11.9. The van der Waals surface area contributed by atoms with Gasteiger partial charge in [-0.05, 0) is 0 Å². The van der Waals surface area contributed by atoms with Crippen molar-refractivity contribution in [3.05, 3.63) is 11.9 Å². The van der Waals surface area contributed by atoms with Crippen molar-refractivity contribution in [2.75, 3.05) is 0 Å². The van der Waals surface area contributed by atoms with Gasteiger partial charge in [0.1, 0.15) is 0 Å². The number of nitrogens with two attached hydrogens (primary N) is 1. The molecule has 1 aromatic rings. The molecule has 0 fully saturated rings. The van der Waals surface area contributed by atoms with E-state index in [-0.39, 0.29) is 5.69 Å². The lowest BCUT2D eigenvalue weighted by molar-refractivity contribution is -0.138. The van der Waals surface area contributed by atoms with Crippen LogP contribution in [0.25, 0.3) is 0 Å². The number of rotatable bonds is 2. The zero-order valence-corrected chi connectivity index (χ0v) is 6.91. The maximum Gasteiger partial charge on any atom is 0.390 e. The number of hydrogen-bond acceptors (Lipinski definition) is 3. The van der Waals surface area contributed by atoms with E-state index in [1.54, 1.807) is 0 Å². The zero-order chi connectivity index (χ0) is 10.1. The van der Waals surface area contributed by atoms with Crippen molar-refractivity contribution in [2.24, 2.45) is 12.8 Å². The molecule has 1 aromatic heterocycles. The first-order valence-corrected chi connectivity index (χ1v) is 3.57. The second-order valence-electron chi connectivity index (χ2n) is 2.71. The third kappa shape index (κ3) is 2.69. The molecule has 0 aliphatic carbocycles. The first-order valence-electron chi connectivity index (χ1n) is 3.57. The molecule has 0 radical (unpaired) electrons. The predicted octanol–water partition coefficient (Wildman–Crippen LogP) is 0.767. The SMILES string of the molecule is Cn1nncc1[C@@H](N)CC(F)(F)F. The van der Waals surface area contributed by atoms with Crippen molar-refractivity contribution in [1.82, 2.24) is 15.0 Å². The number of hydrogen-bond donors (Lipinski definition) is 1. The Bertz CT molecular complexity index is 280. The molecule has 0 aliphatic rings. The Hall–Kier alpha value is -1.11. The zero-order valence-electron chi connectivity index (χ0n) is 6.91. The van der Waals surface area contributed by atoms with Crippen LogP contribution in [0.1, 0.15) is 18.2 Å². The van der Waals surface area contributed by atoms with E-state index in [1.807, 2.05) is 0 Å². The van der Waals surface area contributed by atoms with Gasteiger partial charge in [-0.15, -0.1) is 5.10 Å². The average Bonchev–Trinajstić information content (AvgIpc) is 2.30. The fraction of sp³-hybridized carbons (Fsp3) is 0.667. The van der Waals surface area contributed by atoms with Crippen LogP contribution < -0.4 is 5.73 Å². The number of aromatic nitrogens is 3. The molecule has 2 N–H and O–H groups in total. The molecular formula is C6H9F3N4. The summed E-state index contributed by atoms with van der Waals surface area (Å²) in [6.45, 7) is 0. The number of aryl methyl sites for hydroxylation is 1. The molecule has 4 nitrogen and oxygen atoms in total. The van der Waals surface area contributed by atoms with Crippen LogP contribution in [0.4, 0.5) is 13.2 Å². The summed E-state index contributed by atoms with van der Waals surface area (Å²) in [6, 6.07) is -1.10. The van der Waals surface area contributed by atoms with Crippen molar-refractivity contribution in [2.45, 2.75) is 18.6 Å². The van der Waals surface area contributed by atoms with Gasteiger partial charge in [-0.1, -0.05) is 5.21 Å². The summed E-state index contributed by atoms with van der Waals surface area (Å²) in [6.07, 6.45) is -4.09. The fourth-order valence-corrected chi connectivity index (χ4v) is 0.987. The van der Waals surface area contributed by atoms with Gasteiger partial charge in [-0.3, -0.25) is 4.68 Å². The Balaban J connectivity index is 2.69. The highest BCUT2D eigenvalue weighted by Crippen LogP contribution is 2.26. The molecule has 1 atom stereocenters. The van der Waals surface area contributed by atoms with E-state index in [0.717, 1.165) is 0 Å². The smallest absolute Gasteiger partial charge is 0.322 e. The van der Waals surface area contributed by atoms with Gasteiger partial charge in [0, 0.05) is 7.05 Å². The quantitative estimate of drug-likeness (QED) is 0.756. The van der Waals surface area contributed by atoms with Gasteiger partial charge in [0.25, 0.3) is 0 Å². The predicted molar refractivity (Wildman–Crippen MR) is 38.6 cm³/mol. The summed E-state index contributed by atoms with van der Waals surface area (Å²) >= 11 is 0.